The summed E-state index contributed by atoms with van der Waals surface area (Å²) in [7, 11) is 0. The topological polar surface area (TPSA) is 72.7 Å². The number of hydrogen-bond donors (Lipinski definition) is 1. The van der Waals surface area contributed by atoms with Crippen LogP contribution >= 0.6 is 0 Å². The predicted octanol–water partition coefficient (Wildman–Crippen LogP) is 1.19. The van der Waals surface area contributed by atoms with Crippen LogP contribution in [0.5, 0.6) is 0 Å². The first kappa shape index (κ1) is 13.2. The highest BCUT2D eigenvalue weighted by atomic mass is 16.1. The molecule has 1 N–H and O–H groups in total. The lowest BCUT2D eigenvalue weighted by Gasteiger charge is -2.06. The quantitative estimate of drug-likeness (QED) is 0.762. The van der Waals surface area contributed by atoms with E-state index in [9.17, 15) is 4.79 Å². The first-order chi connectivity index (χ1) is 10.3. The number of imidazole rings is 1. The van der Waals surface area contributed by atoms with Crippen LogP contribution in [0, 0.1) is 0 Å². The van der Waals surface area contributed by atoms with Crippen molar-refractivity contribution in [1.29, 1.82) is 0 Å². The van der Waals surface area contributed by atoms with Crippen LogP contribution in [0.3, 0.4) is 0 Å². The monoisotopic (exact) mass is 281 g/mol. The second kappa shape index (κ2) is 6.13. The van der Waals surface area contributed by atoms with E-state index >= 15 is 0 Å². The Morgan fingerprint density at radius 3 is 2.90 bits per heavy atom. The second-order valence-electron chi connectivity index (χ2n) is 4.68. The lowest BCUT2D eigenvalue weighted by Crippen LogP contribution is -2.28. The highest BCUT2D eigenvalue weighted by molar-refractivity contribution is 5.78. The van der Waals surface area contributed by atoms with Crippen LogP contribution in [0.2, 0.25) is 0 Å². The van der Waals surface area contributed by atoms with Crippen molar-refractivity contribution in [2.45, 2.75) is 13.0 Å². The molecule has 1 aromatic carbocycles. The summed E-state index contributed by atoms with van der Waals surface area (Å²) in [6.45, 7) is 1.19. The Bertz CT molecular complexity index is 738. The third-order valence-electron chi connectivity index (χ3n) is 3.18. The SMILES string of the molecule is O=C(Cc1ccccc1)NCCn1cnc2ncncc21. The third-order valence-corrected chi connectivity index (χ3v) is 3.18. The van der Waals surface area contributed by atoms with Gasteiger partial charge >= 0.3 is 0 Å². The summed E-state index contributed by atoms with van der Waals surface area (Å²) >= 11 is 0. The Morgan fingerprint density at radius 1 is 1.19 bits per heavy atom. The first-order valence-electron chi connectivity index (χ1n) is 6.74. The smallest absolute Gasteiger partial charge is 0.224 e. The molecule has 0 bridgehead atoms. The van der Waals surface area contributed by atoms with Gasteiger partial charge in [-0.3, -0.25) is 4.79 Å². The number of fused-ring (bicyclic) bond motifs is 1. The van der Waals surface area contributed by atoms with Crippen LogP contribution < -0.4 is 5.32 Å². The van der Waals surface area contributed by atoms with Crippen molar-refractivity contribution in [1.82, 2.24) is 24.8 Å². The van der Waals surface area contributed by atoms with Gasteiger partial charge in [0.05, 0.1) is 18.9 Å². The minimum Gasteiger partial charge on any atom is -0.354 e. The van der Waals surface area contributed by atoms with Crippen molar-refractivity contribution >= 4 is 17.1 Å². The van der Waals surface area contributed by atoms with Crippen molar-refractivity contribution < 1.29 is 4.79 Å². The molecule has 0 aliphatic carbocycles. The van der Waals surface area contributed by atoms with Crippen molar-refractivity contribution in [3.63, 3.8) is 0 Å². The van der Waals surface area contributed by atoms with Crippen LogP contribution in [-0.2, 0) is 17.8 Å². The average Bonchev–Trinajstić information content (AvgIpc) is 2.92. The molecule has 0 atom stereocenters. The van der Waals surface area contributed by atoms with Crippen molar-refractivity contribution in [3.8, 4) is 0 Å². The summed E-state index contributed by atoms with van der Waals surface area (Å²) in [5, 5.41) is 2.91. The number of amides is 1. The Labute approximate surface area is 121 Å². The minimum absolute atomic E-state index is 0.0156. The highest BCUT2D eigenvalue weighted by Crippen LogP contribution is 2.06. The molecule has 3 aromatic rings. The van der Waals surface area contributed by atoms with Gasteiger partial charge in [-0.05, 0) is 5.56 Å². The molecular formula is C15H15N5O. The predicted molar refractivity (Wildman–Crippen MR) is 78.5 cm³/mol. The molecule has 0 spiro atoms. The first-order valence-corrected chi connectivity index (χ1v) is 6.74. The number of carbonyl (C=O) groups excluding carboxylic acids is 1. The van der Waals surface area contributed by atoms with Crippen molar-refractivity contribution in [2.24, 2.45) is 0 Å². The molecule has 1 amide bonds. The summed E-state index contributed by atoms with van der Waals surface area (Å²) in [6.07, 6.45) is 5.31. The summed E-state index contributed by atoms with van der Waals surface area (Å²) in [5.74, 6) is 0.0156. The number of nitrogens with one attached hydrogen (secondary N) is 1. The fourth-order valence-electron chi connectivity index (χ4n) is 2.14. The molecule has 0 aliphatic heterocycles. The molecule has 0 unspecified atom stereocenters. The number of aromatic nitrogens is 4. The van der Waals surface area contributed by atoms with Crippen LogP contribution in [-0.4, -0.2) is 32.0 Å². The van der Waals surface area contributed by atoms with Gasteiger partial charge in [0.25, 0.3) is 0 Å². The van der Waals surface area contributed by atoms with Gasteiger partial charge in [0.2, 0.25) is 5.91 Å². The zero-order valence-electron chi connectivity index (χ0n) is 11.4. The van der Waals surface area contributed by atoms with Crippen LogP contribution in [0.4, 0.5) is 0 Å². The normalized spacial score (nSPS) is 10.7. The summed E-state index contributed by atoms with van der Waals surface area (Å²) < 4.78 is 1.93. The summed E-state index contributed by atoms with van der Waals surface area (Å²) in [4.78, 5) is 24.1. The maximum Gasteiger partial charge on any atom is 0.224 e. The molecule has 6 heteroatoms. The molecule has 2 heterocycles. The van der Waals surface area contributed by atoms with E-state index in [-0.39, 0.29) is 5.91 Å². The van der Waals surface area contributed by atoms with Crippen molar-refractivity contribution in [3.05, 3.63) is 54.7 Å². The zero-order valence-corrected chi connectivity index (χ0v) is 11.4. The summed E-state index contributed by atoms with van der Waals surface area (Å²) in [6, 6.07) is 9.69. The molecule has 0 saturated carbocycles. The van der Waals surface area contributed by atoms with Gasteiger partial charge in [-0.15, -0.1) is 0 Å². The van der Waals surface area contributed by atoms with Gasteiger partial charge in [-0.2, -0.15) is 0 Å². The molecule has 21 heavy (non-hydrogen) atoms. The zero-order chi connectivity index (χ0) is 14.5. The van der Waals surface area contributed by atoms with E-state index in [1.165, 1.54) is 6.33 Å². The van der Waals surface area contributed by atoms with E-state index in [0.717, 1.165) is 11.1 Å². The largest absolute Gasteiger partial charge is 0.354 e. The van der Waals surface area contributed by atoms with E-state index in [0.29, 0.717) is 25.2 Å². The van der Waals surface area contributed by atoms with Crippen molar-refractivity contribution in [2.75, 3.05) is 6.54 Å². The number of rotatable bonds is 5. The van der Waals surface area contributed by atoms with E-state index in [1.807, 2.05) is 34.9 Å². The standard InChI is InChI=1S/C15H15N5O/c21-14(8-12-4-2-1-3-5-12)17-6-7-20-11-19-15-13(20)9-16-10-18-15/h1-5,9-11H,6-8H2,(H,17,21). The fraction of sp³-hybridized carbons (Fsp3) is 0.200. The second-order valence-corrected chi connectivity index (χ2v) is 4.68. The Kier molecular flexibility index (Phi) is 3.86. The maximum absolute atomic E-state index is 11.8. The number of nitrogens with zero attached hydrogens (tertiary/aromatic N) is 4. The van der Waals surface area contributed by atoms with Gasteiger partial charge in [0.15, 0.2) is 5.65 Å². The Morgan fingerprint density at radius 2 is 2.05 bits per heavy atom. The molecule has 6 nitrogen and oxygen atoms in total. The number of hydrogen-bond acceptors (Lipinski definition) is 4. The van der Waals surface area contributed by atoms with Gasteiger partial charge in [0.1, 0.15) is 11.8 Å². The lowest BCUT2D eigenvalue weighted by molar-refractivity contribution is -0.120. The van der Waals surface area contributed by atoms with E-state index in [1.54, 1.807) is 12.5 Å². The fourth-order valence-corrected chi connectivity index (χ4v) is 2.14. The van der Waals surface area contributed by atoms with E-state index in [2.05, 4.69) is 20.3 Å². The number of benzene rings is 1. The third kappa shape index (κ3) is 3.22. The maximum atomic E-state index is 11.8. The van der Waals surface area contributed by atoms with Crippen LogP contribution in [0.25, 0.3) is 11.2 Å². The average molecular weight is 281 g/mol. The van der Waals surface area contributed by atoms with Gasteiger partial charge < -0.3 is 9.88 Å². The van der Waals surface area contributed by atoms with Gasteiger partial charge in [-0.1, -0.05) is 30.3 Å². The molecular weight excluding hydrogens is 266 g/mol. The molecule has 2 aromatic heterocycles. The molecule has 3 rings (SSSR count). The van der Waals surface area contributed by atoms with Crippen LogP contribution in [0.1, 0.15) is 5.56 Å². The van der Waals surface area contributed by atoms with E-state index < -0.39 is 0 Å². The Hall–Kier alpha value is -2.76. The van der Waals surface area contributed by atoms with E-state index in [4.69, 9.17) is 0 Å². The molecule has 0 radical (unpaired) electrons. The molecule has 0 saturated heterocycles. The van der Waals surface area contributed by atoms with Gasteiger partial charge in [-0.25, -0.2) is 15.0 Å². The van der Waals surface area contributed by atoms with Crippen LogP contribution in [0.15, 0.2) is 49.2 Å². The van der Waals surface area contributed by atoms with Gasteiger partial charge in [0, 0.05) is 13.1 Å². The summed E-state index contributed by atoms with van der Waals surface area (Å²) in [5.41, 5.74) is 2.55. The molecule has 106 valence electrons. The number of carbonyl (C=O) groups is 1. The minimum atomic E-state index is 0.0156. The molecule has 0 fully saturated rings. The lowest BCUT2D eigenvalue weighted by atomic mass is 10.1. The Balaban J connectivity index is 1.53. The molecule has 0 aliphatic rings. The highest BCUT2D eigenvalue weighted by Gasteiger charge is 2.05.